The third-order valence-corrected chi connectivity index (χ3v) is 2.97. The second-order valence-corrected chi connectivity index (χ2v) is 4.30. The number of nitrogens with zero attached hydrogens (tertiary/aromatic N) is 2. The van der Waals surface area contributed by atoms with E-state index in [1.165, 1.54) is 0 Å². The summed E-state index contributed by atoms with van der Waals surface area (Å²) in [6.07, 6.45) is 5.81. The fourth-order valence-electron chi connectivity index (χ4n) is 1.85. The third-order valence-electron chi connectivity index (χ3n) is 2.97. The molecule has 0 amide bonds. The standard InChI is InChI=1S/C12H13N3O/c1-8-2-5-10(6-13-8)15-12(16)11(7-14-15)9-3-4-9/h2,5-7,9,14H,3-4H2,1H3. The monoisotopic (exact) mass is 215 g/mol. The maximum atomic E-state index is 12.0. The molecule has 1 N–H and O–H groups in total. The van der Waals surface area contributed by atoms with Crippen LogP contribution in [0.3, 0.4) is 0 Å². The summed E-state index contributed by atoms with van der Waals surface area (Å²) in [6.45, 7) is 1.93. The highest BCUT2D eigenvalue weighted by atomic mass is 16.1. The van der Waals surface area contributed by atoms with E-state index in [1.807, 2.05) is 25.3 Å². The number of hydrogen-bond acceptors (Lipinski definition) is 2. The lowest BCUT2D eigenvalue weighted by atomic mass is 10.2. The molecule has 0 radical (unpaired) electrons. The van der Waals surface area contributed by atoms with E-state index in [0.29, 0.717) is 5.92 Å². The lowest BCUT2D eigenvalue weighted by molar-refractivity contribution is 0.838. The minimum Gasteiger partial charge on any atom is -0.298 e. The van der Waals surface area contributed by atoms with Crippen LogP contribution in [0.15, 0.2) is 29.3 Å². The molecule has 82 valence electrons. The van der Waals surface area contributed by atoms with Gasteiger partial charge in [0.25, 0.3) is 5.56 Å². The highest BCUT2D eigenvalue weighted by Crippen LogP contribution is 2.38. The predicted octanol–water partition coefficient (Wildman–Crippen LogP) is 1.75. The molecule has 1 aliphatic rings. The SMILES string of the molecule is Cc1ccc(-n2[nH]cc(C3CC3)c2=O)cn1. The molecule has 1 saturated carbocycles. The van der Waals surface area contributed by atoms with E-state index in [0.717, 1.165) is 29.8 Å². The molecule has 0 unspecified atom stereocenters. The van der Waals surface area contributed by atoms with Gasteiger partial charge < -0.3 is 0 Å². The zero-order valence-corrected chi connectivity index (χ0v) is 9.10. The summed E-state index contributed by atoms with van der Waals surface area (Å²) in [5.74, 6) is 0.475. The molecule has 0 aromatic carbocycles. The minimum atomic E-state index is 0.0631. The Balaban J connectivity index is 2.06. The number of H-pyrrole nitrogens is 1. The molecular weight excluding hydrogens is 202 g/mol. The summed E-state index contributed by atoms with van der Waals surface area (Å²) in [5.41, 5.74) is 2.71. The first-order valence-electron chi connectivity index (χ1n) is 5.49. The van der Waals surface area contributed by atoms with Crippen molar-refractivity contribution >= 4 is 0 Å². The van der Waals surface area contributed by atoms with Gasteiger partial charge in [0.2, 0.25) is 0 Å². The average Bonchev–Trinajstić information content (AvgIpc) is 3.05. The van der Waals surface area contributed by atoms with Crippen LogP contribution in [0.2, 0.25) is 0 Å². The number of hydrogen-bond donors (Lipinski definition) is 1. The van der Waals surface area contributed by atoms with Gasteiger partial charge in [-0.1, -0.05) is 0 Å². The van der Waals surface area contributed by atoms with Crippen molar-refractivity contribution in [1.29, 1.82) is 0 Å². The van der Waals surface area contributed by atoms with Crippen LogP contribution in [-0.4, -0.2) is 14.8 Å². The van der Waals surface area contributed by atoms with Gasteiger partial charge in [0, 0.05) is 17.5 Å². The Morgan fingerprint density at radius 2 is 2.25 bits per heavy atom. The van der Waals surface area contributed by atoms with Crippen molar-refractivity contribution in [3.63, 3.8) is 0 Å². The Morgan fingerprint density at radius 3 is 2.88 bits per heavy atom. The van der Waals surface area contributed by atoms with Crippen LogP contribution in [0, 0.1) is 6.92 Å². The van der Waals surface area contributed by atoms with Gasteiger partial charge in [-0.05, 0) is 37.8 Å². The summed E-state index contributed by atoms with van der Waals surface area (Å²) in [5, 5.41) is 3.00. The maximum Gasteiger partial charge on any atom is 0.274 e. The molecule has 0 atom stereocenters. The molecule has 0 aliphatic heterocycles. The molecule has 0 spiro atoms. The number of aromatic amines is 1. The van der Waals surface area contributed by atoms with Crippen LogP contribution >= 0.6 is 0 Å². The summed E-state index contributed by atoms with van der Waals surface area (Å²) in [6, 6.07) is 3.80. The molecule has 16 heavy (non-hydrogen) atoms. The van der Waals surface area contributed by atoms with Crippen molar-refractivity contribution in [2.75, 3.05) is 0 Å². The molecule has 2 aromatic heterocycles. The molecule has 3 rings (SSSR count). The van der Waals surface area contributed by atoms with Crippen LogP contribution in [0.25, 0.3) is 5.69 Å². The smallest absolute Gasteiger partial charge is 0.274 e. The Kier molecular flexibility index (Phi) is 1.96. The third kappa shape index (κ3) is 1.46. The van der Waals surface area contributed by atoms with Crippen LogP contribution < -0.4 is 5.56 Å². The number of rotatable bonds is 2. The van der Waals surface area contributed by atoms with Crippen molar-refractivity contribution in [1.82, 2.24) is 14.8 Å². The topological polar surface area (TPSA) is 50.7 Å². The minimum absolute atomic E-state index is 0.0631. The van der Waals surface area contributed by atoms with E-state index in [-0.39, 0.29) is 5.56 Å². The second kappa shape index (κ2) is 3.33. The molecule has 2 heterocycles. The van der Waals surface area contributed by atoms with Crippen LogP contribution in [-0.2, 0) is 0 Å². The van der Waals surface area contributed by atoms with E-state index in [4.69, 9.17) is 0 Å². The predicted molar refractivity (Wildman–Crippen MR) is 60.9 cm³/mol. The largest absolute Gasteiger partial charge is 0.298 e. The van der Waals surface area contributed by atoms with Crippen LogP contribution in [0.4, 0.5) is 0 Å². The van der Waals surface area contributed by atoms with E-state index < -0.39 is 0 Å². The Morgan fingerprint density at radius 1 is 1.44 bits per heavy atom. The van der Waals surface area contributed by atoms with Crippen LogP contribution in [0.1, 0.15) is 30.0 Å². The summed E-state index contributed by atoms with van der Waals surface area (Å²) in [4.78, 5) is 16.2. The van der Waals surface area contributed by atoms with E-state index >= 15 is 0 Å². The zero-order chi connectivity index (χ0) is 11.1. The highest BCUT2D eigenvalue weighted by molar-refractivity contribution is 5.30. The Hall–Kier alpha value is -1.84. The van der Waals surface area contributed by atoms with Gasteiger partial charge in [-0.2, -0.15) is 0 Å². The fraction of sp³-hybridized carbons (Fsp3) is 0.333. The first-order valence-corrected chi connectivity index (χ1v) is 5.49. The number of pyridine rings is 1. The van der Waals surface area contributed by atoms with Gasteiger partial charge in [0.05, 0.1) is 11.9 Å². The molecule has 1 aliphatic carbocycles. The van der Waals surface area contributed by atoms with Gasteiger partial charge in [0.1, 0.15) is 0 Å². The lowest BCUT2D eigenvalue weighted by Crippen LogP contribution is -2.17. The van der Waals surface area contributed by atoms with Crippen molar-refractivity contribution in [3.8, 4) is 5.69 Å². The Labute approximate surface area is 92.9 Å². The number of aryl methyl sites for hydroxylation is 1. The van der Waals surface area contributed by atoms with Gasteiger partial charge in [-0.15, -0.1) is 0 Å². The summed E-state index contributed by atoms with van der Waals surface area (Å²) >= 11 is 0. The highest BCUT2D eigenvalue weighted by Gasteiger charge is 2.27. The molecule has 0 saturated heterocycles. The van der Waals surface area contributed by atoms with E-state index in [9.17, 15) is 4.79 Å². The van der Waals surface area contributed by atoms with Gasteiger partial charge in [-0.3, -0.25) is 14.9 Å². The van der Waals surface area contributed by atoms with Gasteiger partial charge in [-0.25, -0.2) is 4.68 Å². The van der Waals surface area contributed by atoms with Crippen molar-refractivity contribution < 1.29 is 0 Å². The van der Waals surface area contributed by atoms with Crippen LogP contribution in [0.5, 0.6) is 0 Å². The quantitative estimate of drug-likeness (QED) is 0.829. The normalized spacial score (nSPS) is 15.3. The molecule has 4 nitrogen and oxygen atoms in total. The number of aromatic nitrogens is 3. The number of nitrogens with one attached hydrogen (secondary N) is 1. The van der Waals surface area contributed by atoms with E-state index in [2.05, 4.69) is 10.1 Å². The fourth-order valence-corrected chi connectivity index (χ4v) is 1.85. The first-order chi connectivity index (χ1) is 7.75. The first kappa shape index (κ1) is 9.39. The summed E-state index contributed by atoms with van der Waals surface area (Å²) < 4.78 is 1.56. The Bertz CT molecular complexity index is 561. The maximum absolute atomic E-state index is 12.0. The average molecular weight is 215 g/mol. The van der Waals surface area contributed by atoms with Crippen molar-refractivity contribution in [3.05, 3.63) is 46.1 Å². The molecule has 2 aromatic rings. The van der Waals surface area contributed by atoms with Gasteiger partial charge in [0.15, 0.2) is 0 Å². The molecule has 1 fully saturated rings. The zero-order valence-electron chi connectivity index (χ0n) is 9.10. The second-order valence-electron chi connectivity index (χ2n) is 4.30. The van der Waals surface area contributed by atoms with Crippen molar-refractivity contribution in [2.45, 2.75) is 25.7 Å². The van der Waals surface area contributed by atoms with Crippen molar-refractivity contribution in [2.24, 2.45) is 0 Å². The van der Waals surface area contributed by atoms with Gasteiger partial charge >= 0.3 is 0 Å². The molecular formula is C12H13N3O. The summed E-state index contributed by atoms with van der Waals surface area (Å²) in [7, 11) is 0. The van der Waals surface area contributed by atoms with E-state index in [1.54, 1.807) is 10.9 Å². The molecule has 0 bridgehead atoms. The lowest BCUT2D eigenvalue weighted by Gasteiger charge is -2.00. The molecule has 4 heteroatoms.